The van der Waals surface area contributed by atoms with E-state index in [9.17, 15) is 0 Å². The van der Waals surface area contributed by atoms with E-state index in [1.165, 1.54) is 0 Å². The van der Waals surface area contributed by atoms with Crippen molar-refractivity contribution in [2.75, 3.05) is 20.8 Å². The highest BCUT2D eigenvalue weighted by Crippen LogP contribution is 2.42. The van der Waals surface area contributed by atoms with Crippen LogP contribution in [0.5, 0.6) is 17.2 Å². The van der Waals surface area contributed by atoms with Crippen molar-refractivity contribution in [3.63, 3.8) is 0 Å². The van der Waals surface area contributed by atoms with Crippen molar-refractivity contribution < 1.29 is 14.2 Å². The van der Waals surface area contributed by atoms with E-state index < -0.39 is 0 Å². The molecule has 2 atom stereocenters. The fourth-order valence-corrected chi connectivity index (χ4v) is 2.80. The van der Waals surface area contributed by atoms with Gasteiger partial charge in [0.1, 0.15) is 17.2 Å². The standard InChI is InChI=1S/C17H19NO3/c1-19-11-7-8-15(20-2)13(9-11)17(18)14-10-21-16-6-4-3-5-12(14)16/h3-9,14,17H,10,18H2,1-2H3. The van der Waals surface area contributed by atoms with Gasteiger partial charge in [-0.15, -0.1) is 0 Å². The number of ether oxygens (including phenoxy) is 3. The molecule has 0 amide bonds. The van der Waals surface area contributed by atoms with Crippen molar-refractivity contribution in [1.82, 2.24) is 0 Å². The number of rotatable bonds is 4. The fourth-order valence-electron chi connectivity index (χ4n) is 2.80. The largest absolute Gasteiger partial charge is 0.497 e. The third kappa shape index (κ3) is 2.43. The van der Waals surface area contributed by atoms with Gasteiger partial charge in [0.15, 0.2) is 0 Å². The highest BCUT2D eigenvalue weighted by atomic mass is 16.5. The Bertz CT molecular complexity index is 642. The molecule has 2 aromatic rings. The first-order valence-electron chi connectivity index (χ1n) is 6.94. The Labute approximate surface area is 124 Å². The zero-order valence-corrected chi connectivity index (χ0v) is 12.2. The highest BCUT2D eigenvalue weighted by Gasteiger charge is 2.31. The molecule has 0 aromatic heterocycles. The summed E-state index contributed by atoms with van der Waals surface area (Å²) in [5.41, 5.74) is 8.58. The summed E-state index contributed by atoms with van der Waals surface area (Å²) in [4.78, 5) is 0. The van der Waals surface area contributed by atoms with Crippen LogP contribution in [0.1, 0.15) is 23.1 Å². The first-order chi connectivity index (χ1) is 10.2. The van der Waals surface area contributed by atoms with Crippen LogP contribution in [0.15, 0.2) is 42.5 Å². The molecule has 4 nitrogen and oxygen atoms in total. The summed E-state index contributed by atoms with van der Waals surface area (Å²) in [6, 6.07) is 13.5. The van der Waals surface area contributed by atoms with Crippen LogP contribution in [0.25, 0.3) is 0 Å². The SMILES string of the molecule is COc1ccc(OC)c(C(N)C2COc3ccccc32)c1. The molecule has 2 aromatic carbocycles. The average molecular weight is 285 g/mol. The first kappa shape index (κ1) is 13.8. The van der Waals surface area contributed by atoms with Crippen molar-refractivity contribution >= 4 is 0 Å². The lowest BCUT2D eigenvalue weighted by Gasteiger charge is -2.21. The molecule has 0 radical (unpaired) electrons. The lowest BCUT2D eigenvalue weighted by Crippen LogP contribution is -2.21. The number of methoxy groups -OCH3 is 2. The zero-order valence-electron chi connectivity index (χ0n) is 12.2. The number of para-hydroxylation sites is 1. The Hall–Kier alpha value is -2.20. The third-order valence-corrected chi connectivity index (χ3v) is 3.97. The van der Waals surface area contributed by atoms with Gasteiger partial charge in [-0.25, -0.2) is 0 Å². The van der Waals surface area contributed by atoms with E-state index in [0.29, 0.717) is 6.61 Å². The maximum Gasteiger partial charge on any atom is 0.123 e. The van der Waals surface area contributed by atoms with E-state index in [4.69, 9.17) is 19.9 Å². The van der Waals surface area contributed by atoms with Crippen molar-refractivity contribution in [3.8, 4) is 17.2 Å². The van der Waals surface area contributed by atoms with Gasteiger partial charge in [-0.2, -0.15) is 0 Å². The topological polar surface area (TPSA) is 53.7 Å². The molecule has 0 saturated carbocycles. The molecule has 0 bridgehead atoms. The number of hydrogen-bond acceptors (Lipinski definition) is 4. The number of fused-ring (bicyclic) bond motifs is 1. The van der Waals surface area contributed by atoms with Crippen molar-refractivity contribution in [2.24, 2.45) is 5.73 Å². The van der Waals surface area contributed by atoms with Gasteiger partial charge in [0.25, 0.3) is 0 Å². The monoisotopic (exact) mass is 285 g/mol. The second kappa shape index (κ2) is 5.66. The summed E-state index contributed by atoms with van der Waals surface area (Å²) in [6.45, 7) is 0.584. The second-order valence-electron chi connectivity index (χ2n) is 5.09. The molecule has 110 valence electrons. The molecule has 0 saturated heterocycles. The van der Waals surface area contributed by atoms with Gasteiger partial charge in [-0.1, -0.05) is 18.2 Å². The van der Waals surface area contributed by atoms with Gasteiger partial charge in [-0.3, -0.25) is 0 Å². The van der Waals surface area contributed by atoms with Gasteiger partial charge < -0.3 is 19.9 Å². The molecular weight excluding hydrogens is 266 g/mol. The van der Waals surface area contributed by atoms with Crippen LogP contribution in [-0.2, 0) is 0 Å². The van der Waals surface area contributed by atoms with E-state index in [0.717, 1.165) is 28.4 Å². The van der Waals surface area contributed by atoms with Crippen LogP contribution >= 0.6 is 0 Å². The first-order valence-corrected chi connectivity index (χ1v) is 6.94. The quantitative estimate of drug-likeness (QED) is 0.938. The highest BCUT2D eigenvalue weighted by molar-refractivity contribution is 5.47. The minimum Gasteiger partial charge on any atom is -0.497 e. The second-order valence-corrected chi connectivity index (χ2v) is 5.09. The minimum absolute atomic E-state index is 0.113. The molecule has 0 fully saturated rings. The van der Waals surface area contributed by atoms with E-state index in [-0.39, 0.29) is 12.0 Å². The lowest BCUT2D eigenvalue weighted by atomic mass is 9.88. The maximum atomic E-state index is 6.50. The van der Waals surface area contributed by atoms with Crippen LogP contribution < -0.4 is 19.9 Å². The smallest absolute Gasteiger partial charge is 0.123 e. The molecule has 1 aliphatic rings. The Morgan fingerprint density at radius 3 is 2.71 bits per heavy atom. The van der Waals surface area contributed by atoms with Crippen LogP contribution in [0.3, 0.4) is 0 Å². The molecule has 4 heteroatoms. The summed E-state index contributed by atoms with van der Waals surface area (Å²) < 4.78 is 16.5. The van der Waals surface area contributed by atoms with E-state index in [1.807, 2.05) is 36.4 Å². The van der Waals surface area contributed by atoms with Crippen molar-refractivity contribution in [2.45, 2.75) is 12.0 Å². The third-order valence-electron chi connectivity index (χ3n) is 3.97. The molecule has 1 aliphatic heterocycles. The lowest BCUT2D eigenvalue weighted by molar-refractivity contribution is 0.312. The summed E-state index contributed by atoms with van der Waals surface area (Å²) in [7, 11) is 3.29. The van der Waals surface area contributed by atoms with Gasteiger partial charge in [0, 0.05) is 23.1 Å². The molecule has 3 rings (SSSR count). The van der Waals surface area contributed by atoms with Gasteiger partial charge in [0.05, 0.1) is 20.8 Å². The average Bonchev–Trinajstić information content (AvgIpc) is 2.97. The Kier molecular flexibility index (Phi) is 3.71. The molecule has 2 unspecified atom stereocenters. The minimum atomic E-state index is -0.210. The van der Waals surface area contributed by atoms with Crippen molar-refractivity contribution in [3.05, 3.63) is 53.6 Å². The predicted octanol–water partition coefficient (Wildman–Crippen LogP) is 2.88. The maximum absolute atomic E-state index is 6.50. The fraction of sp³-hybridized carbons (Fsp3) is 0.294. The van der Waals surface area contributed by atoms with E-state index >= 15 is 0 Å². The summed E-state index contributed by atoms with van der Waals surface area (Å²) in [5.74, 6) is 2.57. The predicted molar refractivity (Wildman–Crippen MR) is 81.2 cm³/mol. The Morgan fingerprint density at radius 1 is 1.14 bits per heavy atom. The van der Waals surface area contributed by atoms with Gasteiger partial charge >= 0.3 is 0 Å². The van der Waals surface area contributed by atoms with Crippen LogP contribution in [0.4, 0.5) is 0 Å². The normalized spacial score (nSPS) is 17.8. The molecular formula is C17H19NO3. The zero-order chi connectivity index (χ0) is 14.8. The van der Waals surface area contributed by atoms with Crippen molar-refractivity contribution in [1.29, 1.82) is 0 Å². The van der Waals surface area contributed by atoms with Crippen LogP contribution in [-0.4, -0.2) is 20.8 Å². The summed E-state index contributed by atoms with van der Waals surface area (Å²) >= 11 is 0. The van der Waals surface area contributed by atoms with Crippen LogP contribution in [0, 0.1) is 0 Å². The summed E-state index contributed by atoms with van der Waals surface area (Å²) in [5, 5.41) is 0. The Balaban J connectivity index is 1.97. The van der Waals surface area contributed by atoms with Gasteiger partial charge in [0.2, 0.25) is 0 Å². The molecule has 1 heterocycles. The Morgan fingerprint density at radius 2 is 1.95 bits per heavy atom. The number of benzene rings is 2. The molecule has 2 N–H and O–H groups in total. The molecule has 0 aliphatic carbocycles. The number of nitrogens with two attached hydrogens (primary N) is 1. The number of hydrogen-bond donors (Lipinski definition) is 1. The van der Waals surface area contributed by atoms with Gasteiger partial charge in [-0.05, 0) is 24.3 Å². The molecule has 0 spiro atoms. The summed E-state index contributed by atoms with van der Waals surface area (Å²) in [6.07, 6.45) is 0. The van der Waals surface area contributed by atoms with E-state index in [2.05, 4.69) is 6.07 Å². The van der Waals surface area contributed by atoms with Crippen LogP contribution in [0.2, 0.25) is 0 Å². The van der Waals surface area contributed by atoms with E-state index in [1.54, 1.807) is 14.2 Å². The molecule has 21 heavy (non-hydrogen) atoms.